The van der Waals surface area contributed by atoms with Gasteiger partial charge in [0.25, 0.3) is 11.6 Å². The monoisotopic (exact) mass is 534 g/mol. The Bertz CT molecular complexity index is 1510. The van der Waals surface area contributed by atoms with E-state index in [-0.39, 0.29) is 22.2 Å². The second-order valence-corrected chi connectivity index (χ2v) is 10.3. The summed E-state index contributed by atoms with van der Waals surface area (Å²) in [5.74, 6) is -1.67. The van der Waals surface area contributed by atoms with E-state index in [1.807, 2.05) is 31.2 Å². The largest absolute Gasteiger partial charge is 0.503 e. The first kappa shape index (κ1) is 24.4. The molecule has 0 saturated carbocycles. The molecule has 0 bridgehead atoms. The lowest BCUT2D eigenvalue weighted by atomic mass is 9.95. The van der Waals surface area contributed by atoms with Gasteiger partial charge in [-0.25, -0.2) is 0 Å². The number of aryl methyl sites for hydroxylation is 1. The van der Waals surface area contributed by atoms with Crippen LogP contribution in [0.25, 0.3) is 0 Å². The summed E-state index contributed by atoms with van der Waals surface area (Å²) in [4.78, 5) is 38.3. The van der Waals surface area contributed by atoms with Crippen molar-refractivity contribution < 1.29 is 24.0 Å². The molecule has 10 nitrogen and oxygen atoms in total. The van der Waals surface area contributed by atoms with Gasteiger partial charge in [-0.1, -0.05) is 52.9 Å². The van der Waals surface area contributed by atoms with Crippen molar-refractivity contribution in [3.63, 3.8) is 0 Å². The van der Waals surface area contributed by atoms with Gasteiger partial charge in [0.15, 0.2) is 15.9 Å². The first-order chi connectivity index (χ1) is 17.8. The number of benzene rings is 2. The van der Waals surface area contributed by atoms with Crippen LogP contribution in [-0.2, 0) is 10.5 Å². The minimum absolute atomic E-state index is 0.0604. The maximum Gasteiger partial charge on any atom is 0.296 e. The molecule has 1 aliphatic rings. The zero-order valence-electron chi connectivity index (χ0n) is 19.2. The van der Waals surface area contributed by atoms with Gasteiger partial charge in [-0.3, -0.25) is 24.6 Å². The lowest BCUT2D eigenvalue weighted by Gasteiger charge is -2.23. The first-order valence-electron chi connectivity index (χ1n) is 10.9. The standard InChI is InChI=1S/C25H18N4O6S2/c1-14-4-6-15(7-5-14)13-36-25-27-26-24(37-25)28-20(16-8-10-17(11-9-16)29(33)34)19(22(31)23(28)32)21(30)18-3-2-12-35-18/h2-12,20,31H,13H2,1H3. The van der Waals surface area contributed by atoms with E-state index < -0.39 is 28.4 Å². The number of non-ortho nitro benzene ring substituents is 1. The van der Waals surface area contributed by atoms with Crippen LogP contribution in [-0.4, -0.2) is 31.9 Å². The molecule has 4 aromatic rings. The number of aromatic nitrogens is 2. The maximum absolute atomic E-state index is 13.3. The fourth-order valence-corrected chi connectivity index (χ4v) is 5.68. The summed E-state index contributed by atoms with van der Waals surface area (Å²) in [5.41, 5.74) is 2.26. The topological polar surface area (TPSA) is 140 Å². The summed E-state index contributed by atoms with van der Waals surface area (Å²) < 4.78 is 5.80. The van der Waals surface area contributed by atoms with Gasteiger partial charge in [-0.15, -0.1) is 10.2 Å². The van der Waals surface area contributed by atoms with Gasteiger partial charge < -0.3 is 9.52 Å². The molecule has 1 unspecified atom stereocenters. The molecule has 0 aliphatic carbocycles. The fraction of sp³-hybridized carbons (Fsp3) is 0.120. The van der Waals surface area contributed by atoms with Crippen molar-refractivity contribution in [2.24, 2.45) is 0 Å². The Kier molecular flexibility index (Phi) is 6.59. The third kappa shape index (κ3) is 4.76. The first-order valence-corrected chi connectivity index (χ1v) is 12.7. The Morgan fingerprint density at radius 1 is 1.16 bits per heavy atom. The summed E-state index contributed by atoms with van der Waals surface area (Å²) in [5, 5.41) is 30.4. The number of hydrogen-bond donors (Lipinski definition) is 1. The summed E-state index contributed by atoms with van der Waals surface area (Å²) in [7, 11) is 0. The molecule has 0 radical (unpaired) electrons. The predicted molar refractivity (Wildman–Crippen MR) is 137 cm³/mol. The fourth-order valence-electron chi connectivity index (χ4n) is 3.86. The minimum Gasteiger partial charge on any atom is -0.503 e. The van der Waals surface area contributed by atoms with Crippen LogP contribution in [0.3, 0.4) is 0 Å². The van der Waals surface area contributed by atoms with Crippen LogP contribution in [0.4, 0.5) is 10.8 Å². The van der Waals surface area contributed by atoms with Crippen LogP contribution < -0.4 is 4.90 Å². The molecule has 1 amide bonds. The van der Waals surface area contributed by atoms with Crippen molar-refractivity contribution >= 4 is 45.6 Å². The Morgan fingerprint density at radius 2 is 1.89 bits per heavy atom. The highest BCUT2D eigenvalue weighted by Crippen LogP contribution is 2.44. The number of furan rings is 1. The number of aliphatic hydroxyl groups excluding tert-OH is 1. The average molecular weight is 535 g/mol. The van der Waals surface area contributed by atoms with Gasteiger partial charge in [-0.2, -0.15) is 0 Å². The van der Waals surface area contributed by atoms with Crippen LogP contribution in [0.1, 0.15) is 33.3 Å². The van der Waals surface area contributed by atoms with E-state index in [0.29, 0.717) is 15.7 Å². The van der Waals surface area contributed by atoms with Crippen LogP contribution in [0, 0.1) is 17.0 Å². The van der Waals surface area contributed by atoms with E-state index in [4.69, 9.17) is 4.42 Å². The third-order valence-electron chi connectivity index (χ3n) is 5.70. The number of amides is 1. The van der Waals surface area contributed by atoms with E-state index >= 15 is 0 Å². The zero-order valence-corrected chi connectivity index (χ0v) is 20.9. The second-order valence-electron chi connectivity index (χ2n) is 8.12. The van der Waals surface area contributed by atoms with Gasteiger partial charge >= 0.3 is 0 Å². The summed E-state index contributed by atoms with van der Waals surface area (Å²) in [6, 6.07) is 15.3. The number of carbonyl (C=O) groups is 2. The number of nitro groups is 1. The number of ketones is 1. The highest BCUT2D eigenvalue weighted by Gasteiger charge is 2.46. The molecule has 5 rings (SSSR count). The number of rotatable bonds is 8. The quantitative estimate of drug-likeness (QED) is 0.103. The van der Waals surface area contributed by atoms with Crippen molar-refractivity contribution in [2.75, 3.05) is 4.90 Å². The molecule has 12 heteroatoms. The van der Waals surface area contributed by atoms with Crippen molar-refractivity contribution in [1.29, 1.82) is 0 Å². The summed E-state index contributed by atoms with van der Waals surface area (Å²) >= 11 is 2.58. The highest BCUT2D eigenvalue weighted by molar-refractivity contribution is 8.00. The van der Waals surface area contributed by atoms with E-state index in [1.165, 1.54) is 59.3 Å². The molecular formula is C25H18N4O6S2. The van der Waals surface area contributed by atoms with Gasteiger partial charge in [0.2, 0.25) is 10.9 Å². The van der Waals surface area contributed by atoms with E-state index in [2.05, 4.69) is 10.2 Å². The van der Waals surface area contributed by atoms with Crippen LogP contribution in [0.5, 0.6) is 0 Å². The van der Waals surface area contributed by atoms with Crippen molar-refractivity contribution in [2.45, 2.75) is 23.1 Å². The molecule has 1 aliphatic heterocycles. The Morgan fingerprint density at radius 3 is 2.54 bits per heavy atom. The summed E-state index contributed by atoms with van der Waals surface area (Å²) in [6.45, 7) is 2.01. The predicted octanol–water partition coefficient (Wildman–Crippen LogP) is 5.42. The van der Waals surface area contributed by atoms with Crippen LogP contribution in [0.2, 0.25) is 0 Å². The number of hydrogen-bond acceptors (Lipinski definition) is 10. The molecule has 1 N–H and O–H groups in total. The van der Waals surface area contributed by atoms with Crippen LogP contribution in [0.15, 0.2) is 87.0 Å². The molecule has 0 saturated heterocycles. The molecule has 37 heavy (non-hydrogen) atoms. The lowest BCUT2D eigenvalue weighted by molar-refractivity contribution is -0.384. The molecule has 2 aromatic heterocycles. The second kappa shape index (κ2) is 9.99. The lowest BCUT2D eigenvalue weighted by Crippen LogP contribution is -2.31. The molecule has 0 spiro atoms. The van der Waals surface area contributed by atoms with Crippen molar-refractivity contribution in [3.8, 4) is 0 Å². The van der Waals surface area contributed by atoms with Gasteiger partial charge in [-0.05, 0) is 42.3 Å². The van der Waals surface area contributed by atoms with Crippen LogP contribution >= 0.6 is 23.1 Å². The maximum atomic E-state index is 13.3. The number of Topliss-reactive ketones (excluding diaryl/α,β-unsaturated/α-hetero) is 1. The van der Waals surface area contributed by atoms with Gasteiger partial charge in [0, 0.05) is 17.9 Å². The van der Waals surface area contributed by atoms with Crippen molar-refractivity contribution in [1.82, 2.24) is 10.2 Å². The highest BCUT2D eigenvalue weighted by atomic mass is 32.2. The van der Waals surface area contributed by atoms with E-state index in [9.17, 15) is 24.8 Å². The normalized spacial score (nSPS) is 15.4. The zero-order chi connectivity index (χ0) is 26.1. The minimum atomic E-state index is -1.09. The molecule has 0 fully saturated rings. The van der Waals surface area contributed by atoms with Crippen molar-refractivity contribution in [3.05, 3.63) is 111 Å². The smallest absolute Gasteiger partial charge is 0.296 e. The SMILES string of the molecule is Cc1ccc(CSc2nnc(N3C(=O)C(O)=C(C(=O)c4ccco4)C3c3ccc([N+](=O)[O-])cc3)s2)cc1. The number of nitrogens with zero attached hydrogens (tertiary/aromatic N) is 4. The Hall–Kier alpha value is -4.29. The number of nitro benzene ring substituents is 1. The molecule has 2 aromatic carbocycles. The molecule has 186 valence electrons. The third-order valence-corrected chi connectivity index (χ3v) is 7.83. The number of aliphatic hydroxyl groups is 1. The molecule has 3 heterocycles. The Balaban J connectivity index is 1.49. The number of anilines is 1. The van der Waals surface area contributed by atoms with Gasteiger partial charge in [0.1, 0.15) is 0 Å². The van der Waals surface area contributed by atoms with E-state index in [0.717, 1.165) is 22.5 Å². The molecule has 1 atom stereocenters. The average Bonchev–Trinajstić information content (AvgIpc) is 3.64. The molecular weight excluding hydrogens is 516 g/mol. The summed E-state index contributed by atoms with van der Waals surface area (Å²) in [6.07, 6.45) is 1.31. The van der Waals surface area contributed by atoms with Gasteiger partial charge in [0.05, 0.1) is 22.8 Å². The van der Waals surface area contributed by atoms with E-state index in [1.54, 1.807) is 0 Å². The number of carbonyl (C=O) groups excluding carboxylic acids is 2. The number of thioether (sulfide) groups is 1. The Labute approximate surface area is 218 Å².